The summed E-state index contributed by atoms with van der Waals surface area (Å²) in [5.74, 6) is -2.22. The van der Waals surface area contributed by atoms with E-state index in [2.05, 4.69) is 4.98 Å². The van der Waals surface area contributed by atoms with Gasteiger partial charge in [-0.1, -0.05) is 0 Å². The summed E-state index contributed by atoms with van der Waals surface area (Å²) < 4.78 is 37.5. The topological polar surface area (TPSA) is 54.9 Å². The lowest BCUT2D eigenvalue weighted by Gasteiger charge is -2.40. The summed E-state index contributed by atoms with van der Waals surface area (Å²) >= 11 is 0. The summed E-state index contributed by atoms with van der Waals surface area (Å²) in [4.78, 5) is 20.3. The lowest BCUT2D eigenvalue weighted by molar-refractivity contribution is -0.0265. The number of nitrogens with zero attached hydrogens (tertiary/aromatic N) is 3. The molecule has 1 saturated heterocycles. The van der Waals surface area contributed by atoms with Crippen molar-refractivity contribution in [3.05, 3.63) is 17.8 Å². The Balaban J connectivity index is 1.81. The molecule has 1 aromatic heterocycles. The third-order valence-corrected chi connectivity index (χ3v) is 5.11. The number of halogens is 2. The Morgan fingerprint density at radius 3 is 2.59 bits per heavy atom. The predicted molar refractivity (Wildman–Crippen MR) is 97.7 cm³/mol. The molecule has 1 aliphatic carbocycles. The van der Waals surface area contributed by atoms with Gasteiger partial charge in [0.15, 0.2) is 0 Å². The number of rotatable bonds is 8. The maximum Gasteiger partial charge on any atom is 0.282 e. The Labute approximate surface area is 158 Å². The van der Waals surface area contributed by atoms with Gasteiger partial charge < -0.3 is 19.3 Å². The quantitative estimate of drug-likeness (QED) is 0.691. The number of anilines is 1. The van der Waals surface area contributed by atoms with Gasteiger partial charge in [-0.25, -0.2) is 13.8 Å². The summed E-state index contributed by atoms with van der Waals surface area (Å²) in [6, 6.07) is 3.21. The molecule has 2 heterocycles. The van der Waals surface area contributed by atoms with Gasteiger partial charge in [-0.05, 0) is 44.7 Å². The Bertz CT molecular complexity index is 699. The number of alkyl halides is 2. The number of hydrogen-bond donors (Lipinski definition) is 0. The first-order valence-electron chi connectivity index (χ1n) is 9.17. The molecule has 1 amide bonds. The smallest absolute Gasteiger partial charge is 0.282 e. The zero-order valence-electron chi connectivity index (χ0n) is 16.3. The van der Waals surface area contributed by atoms with E-state index in [1.807, 2.05) is 13.8 Å². The Hall–Kier alpha value is -1.96. The molecule has 0 atom stereocenters. The van der Waals surface area contributed by atoms with Crippen molar-refractivity contribution in [3.63, 3.8) is 0 Å². The second-order valence-corrected chi connectivity index (χ2v) is 8.10. The average molecular weight is 383 g/mol. The molecule has 27 heavy (non-hydrogen) atoms. The normalized spacial score (nSPS) is 18.8. The van der Waals surface area contributed by atoms with Gasteiger partial charge in [0.25, 0.3) is 11.8 Å². The molecule has 8 heteroatoms. The van der Waals surface area contributed by atoms with Crippen molar-refractivity contribution >= 4 is 11.6 Å². The molecule has 1 aromatic rings. The largest absolute Gasteiger partial charge is 0.476 e. The molecule has 3 rings (SSSR count). The number of likely N-dealkylation sites (N-methyl/N-ethyl adjacent to an activating group) is 1. The fourth-order valence-electron chi connectivity index (χ4n) is 2.96. The third-order valence-electron chi connectivity index (χ3n) is 5.11. The first-order chi connectivity index (χ1) is 12.6. The average Bonchev–Trinajstić information content (AvgIpc) is 3.40. The Morgan fingerprint density at radius 2 is 2.04 bits per heavy atom. The van der Waals surface area contributed by atoms with Crippen molar-refractivity contribution < 1.29 is 23.0 Å². The van der Waals surface area contributed by atoms with Crippen LogP contribution in [-0.2, 0) is 4.74 Å². The second-order valence-electron chi connectivity index (χ2n) is 8.10. The van der Waals surface area contributed by atoms with E-state index in [1.165, 1.54) is 4.90 Å². The van der Waals surface area contributed by atoms with E-state index in [4.69, 9.17) is 9.47 Å². The van der Waals surface area contributed by atoms with Crippen LogP contribution in [0.3, 0.4) is 0 Å². The monoisotopic (exact) mass is 383 g/mol. The minimum Gasteiger partial charge on any atom is -0.476 e. The van der Waals surface area contributed by atoms with Crippen LogP contribution in [0, 0.1) is 5.92 Å². The van der Waals surface area contributed by atoms with Crippen molar-refractivity contribution in [2.75, 3.05) is 45.4 Å². The number of methoxy groups -OCH3 is 1. The number of aromatic nitrogens is 1. The lowest BCUT2D eigenvalue weighted by atomic mass is 10.0. The molecule has 1 saturated carbocycles. The molecule has 0 bridgehead atoms. The summed E-state index contributed by atoms with van der Waals surface area (Å²) in [5, 5.41) is 0. The van der Waals surface area contributed by atoms with Crippen LogP contribution >= 0.6 is 0 Å². The molecule has 150 valence electrons. The summed E-state index contributed by atoms with van der Waals surface area (Å²) in [6.45, 7) is 3.95. The third kappa shape index (κ3) is 4.48. The van der Waals surface area contributed by atoms with Crippen molar-refractivity contribution in [2.24, 2.45) is 5.92 Å². The molecule has 0 aromatic carbocycles. The van der Waals surface area contributed by atoms with Crippen LogP contribution in [0.25, 0.3) is 0 Å². The first kappa shape index (κ1) is 19.8. The number of carbonyl (C=O) groups excluding carboxylic acids is 1. The molecule has 2 aliphatic rings. The highest BCUT2D eigenvalue weighted by atomic mass is 19.3. The van der Waals surface area contributed by atoms with E-state index in [0.29, 0.717) is 24.8 Å². The van der Waals surface area contributed by atoms with Gasteiger partial charge in [-0.15, -0.1) is 0 Å². The van der Waals surface area contributed by atoms with Crippen LogP contribution in [0.15, 0.2) is 12.1 Å². The van der Waals surface area contributed by atoms with Crippen molar-refractivity contribution in [2.45, 2.75) is 38.2 Å². The van der Waals surface area contributed by atoms with Crippen LogP contribution in [0.5, 0.6) is 5.88 Å². The van der Waals surface area contributed by atoms with E-state index in [9.17, 15) is 13.6 Å². The number of carbonyl (C=O) groups is 1. The van der Waals surface area contributed by atoms with Gasteiger partial charge >= 0.3 is 0 Å². The van der Waals surface area contributed by atoms with Crippen molar-refractivity contribution in [1.29, 1.82) is 0 Å². The molecular formula is C19H27F2N3O3. The van der Waals surface area contributed by atoms with E-state index in [0.717, 1.165) is 12.8 Å². The van der Waals surface area contributed by atoms with Gasteiger partial charge in [0.1, 0.15) is 11.4 Å². The second kappa shape index (κ2) is 7.22. The highest BCUT2D eigenvalue weighted by Crippen LogP contribution is 2.38. The molecule has 6 nitrogen and oxygen atoms in total. The van der Waals surface area contributed by atoms with Crippen LogP contribution in [0.4, 0.5) is 14.5 Å². The van der Waals surface area contributed by atoms with E-state index < -0.39 is 11.5 Å². The van der Waals surface area contributed by atoms with Crippen LogP contribution < -0.4 is 9.64 Å². The highest BCUT2D eigenvalue weighted by molar-refractivity contribution is 5.93. The zero-order valence-corrected chi connectivity index (χ0v) is 16.3. The van der Waals surface area contributed by atoms with E-state index in [1.54, 1.807) is 31.2 Å². The number of ether oxygens (including phenoxy) is 2. The minimum atomic E-state index is -2.69. The van der Waals surface area contributed by atoms with Gasteiger partial charge in [-0.2, -0.15) is 0 Å². The lowest BCUT2D eigenvalue weighted by Crippen LogP contribution is -2.56. The minimum absolute atomic E-state index is 0.225. The fraction of sp³-hybridized carbons (Fsp3) is 0.684. The van der Waals surface area contributed by atoms with Gasteiger partial charge in [0, 0.05) is 14.2 Å². The van der Waals surface area contributed by atoms with E-state index >= 15 is 0 Å². The predicted octanol–water partition coefficient (Wildman–Crippen LogP) is 2.82. The highest BCUT2D eigenvalue weighted by Gasteiger charge is 2.45. The molecule has 0 N–H and O–H groups in total. The Kier molecular flexibility index (Phi) is 5.29. The van der Waals surface area contributed by atoms with Crippen LogP contribution in [-0.4, -0.2) is 67.7 Å². The van der Waals surface area contributed by atoms with Crippen molar-refractivity contribution in [3.8, 4) is 5.88 Å². The summed E-state index contributed by atoms with van der Waals surface area (Å²) in [5.41, 5.74) is 0.223. The number of amides is 1. The molecule has 2 fully saturated rings. The van der Waals surface area contributed by atoms with Gasteiger partial charge in [-0.3, -0.25) is 4.79 Å². The van der Waals surface area contributed by atoms with Crippen molar-refractivity contribution in [1.82, 2.24) is 9.88 Å². The van der Waals surface area contributed by atoms with E-state index in [-0.39, 0.29) is 30.6 Å². The standard InChI is InChI=1S/C19H27F2N3O3/c1-18(2,12-26-4)23(3)17(25)14-7-8-15(24-10-19(20,21)11-24)16(22-14)27-9-13-5-6-13/h7-8,13H,5-6,9-12H2,1-4H3. The maximum atomic E-state index is 13.3. The summed E-state index contributed by atoms with van der Waals surface area (Å²) in [6.07, 6.45) is 2.20. The number of pyridine rings is 1. The summed E-state index contributed by atoms with van der Waals surface area (Å²) in [7, 11) is 3.28. The number of hydrogen-bond acceptors (Lipinski definition) is 5. The Morgan fingerprint density at radius 1 is 1.37 bits per heavy atom. The SMILES string of the molecule is COCC(C)(C)N(C)C(=O)c1ccc(N2CC(F)(F)C2)c(OCC2CC2)n1. The van der Waals surface area contributed by atoms with Crippen LogP contribution in [0.2, 0.25) is 0 Å². The molecular weight excluding hydrogens is 356 g/mol. The maximum absolute atomic E-state index is 13.3. The van der Waals surface area contributed by atoms with Gasteiger partial charge in [0.2, 0.25) is 5.88 Å². The fourth-order valence-corrected chi connectivity index (χ4v) is 2.96. The molecule has 0 spiro atoms. The molecule has 0 unspecified atom stereocenters. The molecule has 1 aliphatic heterocycles. The van der Waals surface area contributed by atoms with Crippen LogP contribution in [0.1, 0.15) is 37.2 Å². The van der Waals surface area contributed by atoms with Gasteiger partial charge in [0.05, 0.1) is 31.8 Å². The zero-order chi connectivity index (χ0) is 19.8. The first-order valence-corrected chi connectivity index (χ1v) is 9.17. The molecule has 0 radical (unpaired) electrons.